The van der Waals surface area contributed by atoms with Crippen LogP contribution < -0.4 is 4.90 Å². The van der Waals surface area contributed by atoms with Crippen LogP contribution in [0.25, 0.3) is 0 Å². The van der Waals surface area contributed by atoms with Crippen LogP contribution in [0.3, 0.4) is 0 Å². The molecule has 21 heavy (non-hydrogen) atoms. The molecule has 0 fully saturated rings. The summed E-state index contributed by atoms with van der Waals surface area (Å²) in [4.78, 5) is 2.49. The number of nitrogens with zero attached hydrogens (tertiary/aromatic N) is 1. The minimum Gasteiger partial charge on any atom is -0.370 e. The van der Waals surface area contributed by atoms with Crippen LogP contribution in [0.1, 0.15) is 18.1 Å². The number of benzene rings is 2. The molecule has 2 aromatic rings. The summed E-state index contributed by atoms with van der Waals surface area (Å²) in [6, 6.07) is 15.5. The van der Waals surface area contributed by atoms with Crippen molar-refractivity contribution in [3.05, 3.63) is 59.7 Å². The lowest BCUT2D eigenvalue weighted by atomic mass is 10.1. The van der Waals surface area contributed by atoms with E-state index in [1.165, 1.54) is 11.1 Å². The Labute approximate surface area is 127 Å². The summed E-state index contributed by atoms with van der Waals surface area (Å²) in [5, 5.41) is 0. The van der Waals surface area contributed by atoms with Crippen LogP contribution in [0.5, 0.6) is 0 Å². The van der Waals surface area contributed by atoms with Gasteiger partial charge in [-0.2, -0.15) is 0 Å². The van der Waals surface area contributed by atoms with Gasteiger partial charge in [-0.25, -0.2) is 8.42 Å². The van der Waals surface area contributed by atoms with Crippen LogP contribution in [0.2, 0.25) is 0 Å². The molecule has 0 saturated heterocycles. The molecule has 0 unspecified atom stereocenters. The number of anilines is 1. The molecule has 0 heterocycles. The Balaban J connectivity index is 2.13. The van der Waals surface area contributed by atoms with E-state index in [2.05, 4.69) is 36.1 Å². The normalized spacial score (nSPS) is 11.4. The van der Waals surface area contributed by atoms with Crippen molar-refractivity contribution in [2.24, 2.45) is 0 Å². The highest BCUT2D eigenvalue weighted by Gasteiger charge is 2.11. The summed E-state index contributed by atoms with van der Waals surface area (Å²) in [6.07, 6.45) is 0. The largest absolute Gasteiger partial charge is 0.370 e. The fourth-order valence-corrected chi connectivity index (χ4v) is 3.02. The van der Waals surface area contributed by atoms with Crippen molar-refractivity contribution < 1.29 is 8.42 Å². The quantitative estimate of drug-likeness (QED) is 0.849. The molecule has 0 N–H and O–H groups in total. The first-order valence-corrected chi connectivity index (χ1v) is 8.67. The second kappa shape index (κ2) is 6.31. The fraction of sp³-hybridized carbons (Fsp3) is 0.294. The van der Waals surface area contributed by atoms with Crippen LogP contribution in [-0.4, -0.2) is 21.2 Å². The van der Waals surface area contributed by atoms with Gasteiger partial charge in [-0.05, 0) is 36.8 Å². The van der Waals surface area contributed by atoms with Gasteiger partial charge >= 0.3 is 0 Å². The predicted molar refractivity (Wildman–Crippen MR) is 87.5 cm³/mol. The zero-order chi connectivity index (χ0) is 15.5. The van der Waals surface area contributed by atoms with Crippen molar-refractivity contribution in [3.63, 3.8) is 0 Å². The Kier molecular flexibility index (Phi) is 4.68. The highest BCUT2D eigenvalue weighted by atomic mass is 32.2. The summed E-state index contributed by atoms with van der Waals surface area (Å²) in [5.74, 6) is 0.131. The molecule has 0 amide bonds. The topological polar surface area (TPSA) is 37.4 Å². The fourth-order valence-electron chi connectivity index (χ4n) is 2.13. The maximum absolute atomic E-state index is 11.8. The van der Waals surface area contributed by atoms with E-state index in [1.54, 1.807) is 19.1 Å². The van der Waals surface area contributed by atoms with Gasteiger partial charge in [-0.15, -0.1) is 0 Å². The lowest BCUT2D eigenvalue weighted by molar-refractivity contribution is 0.597. The molecule has 0 aliphatic heterocycles. The zero-order valence-corrected chi connectivity index (χ0v) is 13.5. The van der Waals surface area contributed by atoms with Crippen molar-refractivity contribution >= 4 is 15.5 Å². The van der Waals surface area contributed by atoms with E-state index in [4.69, 9.17) is 0 Å². The molecule has 0 aromatic heterocycles. The number of hydrogen-bond donors (Lipinski definition) is 0. The van der Waals surface area contributed by atoms with E-state index in [9.17, 15) is 8.42 Å². The molecule has 112 valence electrons. The molecule has 0 spiro atoms. The highest BCUT2D eigenvalue weighted by molar-refractivity contribution is 7.91. The molecular formula is C17H21NO2S. The molecule has 0 bridgehead atoms. The van der Waals surface area contributed by atoms with Crippen molar-refractivity contribution in [2.75, 3.05) is 17.7 Å². The molecular weight excluding hydrogens is 282 g/mol. The van der Waals surface area contributed by atoms with Gasteiger partial charge in [0.2, 0.25) is 0 Å². The zero-order valence-electron chi connectivity index (χ0n) is 12.7. The van der Waals surface area contributed by atoms with Crippen LogP contribution in [0, 0.1) is 6.92 Å². The van der Waals surface area contributed by atoms with Crippen LogP contribution in [0.15, 0.2) is 53.4 Å². The number of sulfone groups is 1. The van der Waals surface area contributed by atoms with E-state index in [1.807, 2.05) is 19.2 Å². The summed E-state index contributed by atoms with van der Waals surface area (Å²) in [6.45, 7) is 4.52. The molecule has 0 aliphatic carbocycles. The van der Waals surface area contributed by atoms with Crippen molar-refractivity contribution in [1.29, 1.82) is 0 Å². The van der Waals surface area contributed by atoms with Gasteiger partial charge in [-0.1, -0.05) is 36.8 Å². The SMILES string of the molecule is CCS(=O)(=O)c1ccc(N(C)Cc2ccc(C)cc2)cc1. The summed E-state index contributed by atoms with van der Waals surface area (Å²) in [7, 11) is -1.12. The van der Waals surface area contributed by atoms with Crippen LogP contribution >= 0.6 is 0 Å². The van der Waals surface area contributed by atoms with Gasteiger partial charge in [0.05, 0.1) is 10.6 Å². The third-order valence-electron chi connectivity index (χ3n) is 3.56. The molecule has 2 aromatic carbocycles. The number of hydrogen-bond acceptors (Lipinski definition) is 3. The molecule has 0 saturated carbocycles. The van der Waals surface area contributed by atoms with E-state index < -0.39 is 9.84 Å². The van der Waals surface area contributed by atoms with Crippen molar-refractivity contribution in [2.45, 2.75) is 25.3 Å². The van der Waals surface area contributed by atoms with Gasteiger partial charge in [0.15, 0.2) is 9.84 Å². The minimum absolute atomic E-state index is 0.131. The number of aryl methyl sites for hydroxylation is 1. The summed E-state index contributed by atoms with van der Waals surface area (Å²) in [5.41, 5.74) is 3.48. The van der Waals surface area contributed by atoms with Gasteiger partial charge in [-0.3, -0.25) is 0 Å². The standard InChI is InChI=1S/C17H21NO2S/c1-4-21(19,20)17-11-9-16(10-12-17)18(3)13-15-7-5-14(2)6-8-15/h5-12H,4,13H2,1-3H3. The highest BCUT2D eigenvalue weighted by Crippen LogP contribution is 2.19. The average molecular weight is 303 g/mol. The van der Waals surface area contributed by atoms with E-state index in [0.717, 1.165) is 12.2 Å². The van der Waals surface area contributed by atoms with Gasteiger partial charge in [0.1, 0.15) is 0 Å². The summed E-state index contributed by atoms with van der Waals surface area (Å²) >= 11 is 0. The maximum Gasteiger partial charge on any atom is 0.178 e. The van der Waals surface area contributed by atoms with Gasteiger partial charge in [0.25, 0.3) is 0 Å². The van der Waals surface area contributed by atoms with E-state index >= 15 is 0 Å². The molecule has 0 atom stereocenters. The first kappa shape index (κ1) is 15.6. The Morgan fingerprint density at radius 1 is 0.952 bits per heavy atom. The molecule has 4 heteroatoms. The van der Waals surface area contributed by atoms with E-state index in [0.29, 0.717) is 4.90 Å². The Bertz CT molecular complexity index is 689. The third kappa shape index (κ3) is 3.85. The third-order valence-corrected chi connectivity index (χ3v) is 5.31. The lowest BCUT2D eigenvalue weighted by Crippen LogP contribution is -2.16. The van der Waals surface area contributed by atoms with Gasteiger partial charge in [0, 0.05) is 19.3 Å². The summed E-state index contributed by atoms with van der Waals surface area (Å²) < 4.78 is 23.6. The Hall–Kier alpha value is -1.81. The first-order chi connectivity index (χ1) is 9.92. The van der Waals surface area contributed by atoms with Crippen molar-refractivity contribution in [1.82, 2.24) is 0 Å². The Morgan fingerprint density at radius 2 is 1.52 bits per heavy atom. The van der Waals surface area contributed by atoms with E-state index in [-0.39, 0.29) is 5.75 Å². The minimum atomic E-state index is -3.12. The predicted octanol–water partition coefficient (Wildman–Crippen LogP) is 3.43. The average Bonchev–Trinajstić information content (AvgIpc) is 2.49. The monoisotopic (exact) mass is 303 g/mol. The second-order valence-corrected chi connectivity index (χ2v) is 7.52. The molecule has 0 radical (unpaired) electrons. The Morgan fingerprint density at radius 3 is 2.05 bits per heavy atom. The molecule has 0 aliphatic rings. The maximum atomic E-state index is 11.8. The molecule has 2 rings (SSSR count). The number of rotatable bonds is 5. The van der Waals surface area contributed by atoms with Crippen molar-refractivity contribution in [3.8, 4) is 0 Å². The van der Waals surface area contributed by atoms with Crippen LogP contribution in [-0.2, 0) is 16.4 Å². The smallest absolute Gasteiger partial charge is 0.178 e. The van der Waals surface area contributed by atoms with Gasteiger partial charge < -0.3 is 4.90 Å². The molecule has 3 nitrogen and oxygen atoms in total. The second-order valence-electron chi connectivity index (χ2n) is 5.24. The van der Waals surface area contributed by atoms with Crippen LogP contribution in [0.4, 0.5) is 5.69 Å². The first-order valence-electron chi connectivity index (χ1n) is 7.02. The lowest BCUT2D eigenvalue weighted by Gasteiger charge is -2.20.